The van der Waals surface area contributed by atoms with Crippen molar-refractivity contribution >= 4 is 0 Å². The summed E-state index contributed by atoms with van der Waals surface area (Å²) in [7, 11) is 0. The summed E-state index contributed by atoms with van der Waals surface area (Å²) >= 11 is 0. The van der Waals surface area contributed by atoms with Crippen molar-refractivity contribution in [1.82, 2.24) is 4.90 Å². The fourth-order valence-electron chi connectivity index (χ4n) is 10.3. The van der Waals surface area contributed by atoms with Gasteiger partial charge in [0.2, 0.25) is 0 Å². The lowest BCUT2D eigenvalue weighted by Gasteiger charge is -2.65. The van der Waals surface area contributed by atoms with Crippen molar-refractivity contribution in [3.8, 4) is 0 Å². The number of piperidine rings is 2. The predicted octanol–water partition coefficient (Wildman–Crippen LogP) is 1.79. The lowest BCUT2D eigenvalue weighted by atomic mass is 9.40. The molecule has 0 amide bonds. The first-order valence-corrected chi connectivity index (χ1v) is 9.77. The van der Waals surface area contributed by atoms with Crippen molar-refractivity contribution in [2.45, 2.75) is 63.3 Å². The molecular formula is C20H27NO2. The Kier molecular flexibility index (Phi) is 1.79. The first kappa shape index (κ1) is 12.9. The van der Waals surface area contributed by atoms with Crippen molar-refractivity contribution < 1.29 is 10.2 Å². The van der Waals surface area contributed by atoms with Gasteiger partial charge >= 0.3 is 0 Å². The van der Waals surface area contributed by atoms with Gasteiger partial charge in [0.15, 0.2) is 0 Å². The van der Waals surface area contributed by atoms with Gasteiger partial charge in [-0.1, -0.05) is 13.5 Å². The summed E-state index contributed by atoms with van der Waals surface area (Å²) < 4.78 is 0. The zero-order valence-electron chi connectivity index (χ0n) is 13.9. The van der Waals surface area contributed by atoms with Gasteiger partial charge < -0.3 is 10.2 Å². The molecule has 9 aliphatic rings. The van der Waals surface area contributed by atoms with E-state index in [0.717, 1.165) is 12.0 Å². The van der Waals surface area contributed by atoms with E-state index < -0.39 is 0 Å². The highest BCUT2D eigenvalue weighted by Gasteiger charge is 2.89. The van der Waals surface area contributed by atoms with Crippen molar-refractivity contribution in [1.29, 1.82) is 0 Å². The molecule has 3 aliphatic heterocycles. The van der Waals surface area contributed by atoms with Gasteiger partial charge in [0.1, 0.15) is 0 Å². The van der Waals surface area contributed by atoms with E-state index in [0.29, 0.717) is 41.2 Å². The SMILES string of the molecule is C=C1[C@H]2CC3C4N5C[C@]6(C)CC[C@@H](O)[C@@]47[C@@H]6[C@@H]5C[C@@]3([C@H]7C2)[C@H]1O. The minimum Gasteiger partial charge on any atom is -0.392 e. The predicted molar refractivity (Wildman–Crippen MR) is 85.5 cm³/mol. The first-order chi connectivity index (χ1) is 11.0. The van der Waals surface area contributed by atoms with Gasteiger partial charge in [0.05, 0.1) is 12.2 Å². The van der Waals surface area contributed by atoms with E-state index in [1.165, 1.54) is 32.2 Å². The number of rotatable bonds is 0. The third kappa shape index (κ3) is 0.910. The summed E-state index contributed by atoms with van der Waals surface area (Å²) in [6, 6.07) is 1.19. The molecule has 0 aromatic heterocycles. The Balaban J connectivity index is 1.54. The van der Waals surface area contributed by atoms with E-state index in [2.05, 4.69) is 18.4 Å². The zero-order valence-corrected chi connectivity index (χ0v) is 13.9. The van der Waals surface area contributed by atoms with E-state index in [9.17, 15) is 10.2 Å². The summed E-state index contributed by atoms with van der Waals surface area (Å²) in [4.78, 5) is 2.83. The van der Waals surface area contributed by atoms with Crippen LogP contribution in [0, 0.1) is 39.9 Å². The highest BCUT2D eigenvalue weighted by Crippen LogP contribution is 2.86. The summed E-state index contributed by atoms with van der Waals surface area (Å²) in [5.41, 5.74) is 1.72. The molecule has 0 aromatic carbocycles. The smallest absolute Gasteiger partial charge is 0.0813 e. The molecule has 12 atom stereocenters. The molecule has 3 heteroatoms. The Morgan fingerprint density at radius 2 is 2.09 bits per heavy atom. The largest absolute Gasteiger partial charge is 0.392 e. The van der Waals surface area contributed by atoms with E-state index in [1.807, 2.05) is 0 Å². The molecular weight excluding hydrogens is 286 g/mol. The third-order valence-electron chi connectivity index (χ3n) is 10.4. The number of nitrogens with zero attached hydrogens (tertiary/aromatic N) is 1. The molecule has 0 radical (unpaired) electrons. The molecule has 6 saturated carbocycles. The molecule has 6 aliphatic carbocycles. The van der Waals surface area contributed by atoms with Crippen LogP contribution in [0.4, 0.5) is 0 Å². The quantitative estimate of drug-likeness (QED) is 0.670. The minimum absolute atomic E-state index is 0.0672. The molecule has 23 heavy (non-hydrogen) atoms. The van der Waals surface area contributed by atoms with E-state index >= 15 is 0 Å². The molecule has 9 rings (SSSR count). The average Bonchev–Trinajstić information content (AvgIpc) is 2.94. The van der Waals surface area contributed by atoms with Gasteiger partial charge in [-0.3, -0.25) is 4.90 Å². The van der Waals surface area contributed by atoms with Crippen molar-refractivity contribution in [3.63, 3.8) is 0 Å². The van der Waals surface area contributed by atoms with Crippen molar-refractivity contribution in [2.75, 3.05) is 6.54 Å². The maximum Gasteiger partial charge on any atom is 0.0813 e. The van der Waals surface area contributed by atoms with E-state index in [4.69, 9.17) is 0 Å². The van der Waals surface area contributed by atoms with Crippen LogP contribution in [-0.2, 0) is 0 Å². The normalized spacial score (nSPS) is 75.6. The summed E-state index contributed by atoms with van der Waals surface area (Å²) in [5, 5.41) is 22.6. The fourth-order valence-corrected chi connectivity index (χ4v) is 10.3. The molecule has 2 spiro atoms. The Labute approximate surface area is 137 Å². The van der Waals surface area contributed by atoms with Gasteiger partial charge in [-0.25, -0.2) is 0 Å². The summed E-state index contributed by atoms with van der Waals surface area (Å²) in [6.07, 6.45) is 5.38. The van der Waals surface area contributed by atoms with Crippen LogP contribution in [0.15, 0.2) is 12.2 Å². The number of aliphatic hydroxyl groups excluding tert-OH is 2. The number of hydrogen-bond donors (Lipinski definition) is 2. The second-order valence-corrected chi connectivity index (χ2v) is 10.5. The van der Waals surface area contributed by atoms with Crippen LogP contribution >= 0.6 is 0 Å². The minimum atomic E-state index is -0.295. The van der Waals surface area contributed by atoms with Crippen LogP contribution in [0.5, 0.6) is 0 Å². The van der Waals surface area contributed by atoms with Crippen LogP contribution in [0.2, 0.25) is 0 Å². The fraction of sp³-hybridized carbons (Fsp3) is 0.900. The highest BCUT2D eigenvalue weighted by molar-refractivity contribution is 5.43. The lowest BCUT2D eigenvalue weighted by molar-refractivity contribution is -0.194. The monoisotopic (exact) mass is 313 g/mol. The van der Waals surface area contributed by atoms with E-state index in [1.54, 1.807) is 0 Å². The third-order valence-corrected chi connectivity index (χ3v) is 10.4. The van der Waals surface area contributed by atoms with Gasteiger partial charge in [-0.05, 0) is 66.8 Å². The van der Waals surface area contributed by atoms with Crippen LogP contribution in [0.1, 0.15) is 39.0 Å². The first-order valence-electron chi connectivity index (χ1n) is 9.77. The average molecular weight is 313 g/mol. The number of fused-ring (bicyclic) bond motifs is 1. The molecule has 3 nitrogen and oxygen atoms in total. The van der Waals surface area contributed by atoms with Gasteiger partial charge in [-0.2, -0.15) is 0 Å². The summed E-state index contributed by atoms with van der Waals surface area (Å²) in [6.45, 7) is 8.05. The Morgan fingerprint density at radius 1 is 1.26 bits per heavy atom. The van der Waals surface area contributed by atoms with Crippen LogP contribution in [0.25, 0.3) is 0 Å². The second-order valence-electron chi connectivity index (χ2n) is 10.5. The Hall–Kier alpha value is -0.380. The van der Waals surface area contributed by atoms with Crippen molar-refractivity contribution in [2.24, 2.45) is 39.9 Å². The molecule has 124 valence electrons. The molecule has 3 saturated heterocycles. The van der Waals surface area contributed by atoms with Crippen molar-refractivity contribution in [3.05, 3.63) is 12.2 Å². The maximum atomic E-state index is 11.3. The summed E-state index contributed by atoms with van der Waals surface area (Å²) in [5.74, 6) is 2.36. The Morgan fingerprint density at radius 3 is 2.91 bits per heavy atom. The van der Waals surface area contributed by atoms with Crippen LogP contribution < -0.4 is 0 Å². The second kappa shape index (κ2) is 3.20. The Bertz CT molecular complexity index is 677. The molecule has 3 unspecified atom stereocenters. The molecule has 9 bridgehead atoms. The van der Waals surface area contributed by atoms with Crippen LogP contribution in [0.3, 0.4) is 0 Å². The number of aliphatic hydroxyl groups is 2. The molecule has 3 heterocycles. The van der Waals surface area contributed by atoms with Crippen LogP contribution in [-0.4, -0.2) is 45.9 Å². The van der Waals surface area contributed by atoms with Gasteiger partial charge in [-0.15, -0.1) is 0 Å². The topological polar surface area (TPSA) is 43.7 Å². The standard InChI is InChI=1S/C20H27NO2/c1-9-10-5-11-16-20-13(6-10)19(11,17(9)23)7-12-15(20)18(2,8-21(12)16)4-3-14(20)22/h10-17,22-23H,1,3-8H2,2H3/t10-,11?,12-,13+,14+,15+,16?,17-,18-,19+,20-/m0/s1. The molecule has 0 aromatic rings. The van der Waals surface area contributed by atoms with Gasteiger partial charge in [0, 0.05) is 29.5 Å². The highest BCUT2D eigenvalue weighted by atomic mass is 16.3. The van der Waals surface area contributed by atoms with E-state index in [-0.39, 0.29) is 23.0 Å². The van der Waals surface area contributed by atoms with Gasteiger partial charge in [0.25, 0.3) is 0 Å². The maximum absolute atomic E-state index is 11.3. The number of hydrogen-bond acceptors (Lipinski definition) is 3. The molecule has 9 fully saturated rings. The zero-order chi connectivity index (χ0) is 15.5. The lowest BCUT2D eigenvalue weighted by Crippen LogP contribution is -2.65. The molecule has 2 N–H and O–H groups in total.